The van der Waals surface area contributed by atoms with Crippen molar-refractivity contribution >= 4 is 15.9 Å². The van der Waals surface area contributed by atoms with E-state index in [-0.39, 0.29) is 5.82 Å². The SMILES string of the molecule is COc1c(C)cc(Br)c(F)c1C1(N)CCCCC1. The number of hydrogen-bond acceptors (Lipinski definition) is 2. The van der Waals surface area contributed by atoms with Crippen LogP contribution in [0, 0.1) is 12.7 Å². The van der Waals surface area contributed by atoms with Crippen molar-refractivity contribution in [2.75, 3.05) is 7.11 Å². The molecule has 2 rings (SSSR count). The van der Waals surface area contributed by atoms with Crippen molar-refractivity contribution in [3.63, 3.8) is 0 Å². The van der Waals surface area contributed by atoms with Crippen molar-refractivity contribution in [2.24, 2.45) is 5.73 Å². The first kappa shape index (κ1) is 13.8. The first-order valence-corrected chi connectivity index (χ1v) is 7.11. The van der Waals surface area contributed by atoms with Gasteiger partial charge in [-0.3, -0.25) is 0 Å². The van der Waals surface area contributed by atoms with Crippen molar-refractivity contribution in [3.8, 4) is 5.75 Å². The summed E-state index contributed by atoms with van der Waals surface area (Å²) in [6.45, 7) is 1.92. The van der Waals surface area contributed by atoms with Crippen molar-refractivity contribution in [1.29, 1.82) is 0 Å². The van der Waals surface area contributed by atoms with Crippen LogP contribution in [0.25, 0.3) is 0 Å². The fraction of sp³-hybridized carbons (Fsp3) is 0.571. The van der Waals surface area contributed by atoms with Crippen LogP contribution >= 0.6 is 15.9 Å². The van der Waals surface area contributed by atoms with Gasteiger partial charge in [-0.05, 0) is 47.3 Å². The van der Waals surface area contributed by atoms with Gasteiger partial charge in [0.1, 0.15) is 11.6 Å². The maximum atomic E-state index is 14.5. The molecular formula is C14H19BrFNO. The van der Waals surface area contributed by atoms with E-state index in [0.717, 1.165) is 31.2 Å². The molecule has 4 heteroatoms. The molecule has 0 bridgehead atoms. The predicted octanol–water partition coefficient (Wildman–Crippen LogP) is 4.02. The van der Waals surface area contributed by atoms with Crippen molar-refractivity contribution in [3.05, 3.63) is 27.5 Å². The number of halogens is 2. The molecule has 1 aromatic carbocycles. The second kappa shape index (κ2) is 5.17. The summed E-state index contributed by atoms with van der Waals surface area (Å²) in [5.74, 6) is 0.321. The van der Waals surface area contributed by atoms with E-state index in [9.17, 15) is 4.39 Å². The van der Waals surface area contributed by atoms with Crippen LogP contribution in [-0.4, -0.2) is 7.11 Å². The van der Waals surface area contributed by atoms with E-state index in [1.807, 2.05) is 6.92 Å². The van der Waals surface area contributed by atoms with E-state index >= 15 is 0 Å². The Morgan fingerprint density at radius 2 is 1.94 bits per heavy atom. The Morgan fingerprint density at radius 3 is 2.50 bits per heavy atom. The molecule has 1 aliphatic rings. The van der Waals surface area contributed by atoms with Gasteiger partial charge in [0.2, 0.25) is 0 Å². The Balaban J connectivity index is 2.60. The summed E-state index contributed by atoms with van der Waals surface area (Å²) >= 11 is 3.26. The van der Waals surface area contributed by atoms with Gasteiger partial charge in [0.05, 0.1) is 17.1 Å². The van der Waals surface area contributed by atoms with Crippen LogP contribution in [0.15, 0.2) is 10.5 Å². The highest BCUT2D eigenvalue weighted by molar-refractivity contribution is 9.10. The maximum Gasteiger partial charge on any atom is 0.146 e. The number of nitrogens with two attached hydrogens (primary N) is 1. The lowest BCUT2D eigenvalue weighted by atomic mass is 9.76. The third-order valence-corrected chi connectivity index (χ3v) is 4.38. The summed E-state index contributed by atoms with van der Waals surface area (Å²) in [6, 6.07) is 1.74. The van der Waals surface area contributed by atoms with Gasteiger partial charge in [-0.25, -0.2) is 4.39 Å². The Kier molecular flexibility index (Phi) is 3.97. The van der Waals surface area contributed by atoms with Gasteiger partial charge in [-0.2, -0.15) is 0 Å². The highest BCUT2D eigenvalue weighted by Gasteiger charge is 2.36. The normalized spacial score (nSPS) is 18.7. The van der Waals surface area contributed by atoms with Crippen molar-refractivity contribution in [2.45, 2.75) is 44.6 Å². The molecule has 0 heterocycles. The van der Waals surface area contributed by atoms with Crippen LogP contribution in [0.2, 0.25) is 0 Å². The minimum atomic E-state index is -0.595. The summed E-state index contributed by atoms with van der Waals surface area (Å²) in [4.78, 5) is 0. The molecule has 0 atom stereocenters. The van der Waals surface area contributed by atoms with Crippen molar-refractivity contribution in [1.82, 2.24) is 0 Å². The summed E-state index contributed by atoms with van der Waals surface area (Å²) in [5.41, 5.74) is 7.31. The molecule has 0 saturated heterocycles. The smallest absolute Gasteiger partial charge is 0.146 e. The van der Waals surface area contributed by atoms with Gasteiger partial charge in [-0.1, -0.05) is 19.3 Å². The van der Waals surface area contributed by atoms with E-state index < -0.39 is 5.54 Å². The Bertz CT molecular complexity index is 456. The van der Waals surface area contributed by atoms with E-state index in [0.29, 0.717) is 15.8 Å². The summed E-state index contributed by atoms with van der Waals surface area (Å²) < 4.78 is 20.3. The highest BCUT2D eigenvalue weighted by Crippen LogP contribution is 2.43. The molecule has 1 aromatic rings. The lowest BCUT2D eigenvalue weighted by Crippen LogP contribution is -2.40. The Hall–Kier alpha value is -0.610. The number of methoxy groups -OCH3 is 1. The molecule has 18 heavy (non-hydrogen) atoms. The Morgan fingerprint density at radius 1 is 1.33 bits per heavy atom. The second-order valence-electron chi connectivity index (χ2n) is 5.11. The summed E-state index contributed by atoms with van der Waals surface area (Å²) in [6.07, 6.45) is 4.90. The second-order valence-corrected chi connectivity index (χ2v) is 5.97. The molecule has 0 aromatic heterocycles. The molecule has 1 fully saturated rings. The van der Waals surface area contributed by atoms with Gasteiger partial charge in [0.25, 0.3) is 0 Å². The molecule has 100 valence electrons. The monoisotopic (exact) mass is 315 g/mol. The van der Waals surface area contributed by atoms with Gasteiger partial charge in [-0.15, -0.1) is 0 Å². The maximum absolute atomic E-state index is 14.5. The summed E-state index contributed by atoms with van der Waals surface area (Å²) in [5, 5.41) is 0. The number of rotatable bonds is 2. The number of aryl methyl sites for hydroxylation is 1. The fourth-order valence-corrected chi connectivity index (χ4v) is 3.42. The first-order valence-electron chi connectivity index (χ1n) is 6.31. The number of benzene rings is 1. The van der Waals surface area contributed by atoms with Crippen LogP contribution < -0.4 is 10.5 Å². The molecule has 0 aliphatic heterocycles. The van der Waals surface area contributed by atoms with Crippen LogP contribution in [0.3, 0.4) is 0 Å². The molecule has 1 saturated carbocycles. The average Bonchev–Trinajstić information content (AvgIpc) is 2.34. The van der Waals surface area contributed by atoms with E-state index in [1.54, 1.807) is 13.2 Å². The standard InChI is InChI=1S/C14H19BrFNO/c1-9-8-10(15)12(16)11(13(9)18-2)14(17)6-4-3-5-7-14/h8H,3-7,17H2,1-2H3. The van der Waals surface area contributed by atoms with Gasteiger partial charge < -0.3 is 10.5 Å². The molecular weight excluding hydrogens is 297 g/mol. The number of ether oxygens (including phenoxy) is 1. The molecule has 0 unspecified atom stereocenters. The van der Waals surface area contributed by atoms with Crippen LogP contribution in [0.1, 0.15) is 43.2 Å². The highest BCUT2D eigenvalue weighted by atomic mass is 79.9. The van der Waals surface area contributed by atoms with E-state index in [4.69, 9.17) is 10.5 Å². The minimum Gasteiger partial charge on any atom is -0.496 e. The third kappa shape index (κ3) is 2.28. The van der Waals surface area contributed by atoms with Crippen LogP contribution in [-0.2, 0) is 5.54 Å². The molecule has 0 radical (unpaired) electrons. The quantitative estimate of drug-likeness (QED) is 0.894. The average molecular weight is 316 g/mol. The number of hydrogen-bond donors (Lipinski definition) is 1. The predicted molar refractivity (Wildman–Crippen MR) is 74.3 cm³/mol. The zero-order valence-corrected chi connectivity index (χ0v) is 12.4. The molecule has 2 N–H and O–H groups in total. The zero-order chi connectivity index (χ0) is 13.3. The lowest BCUT2D eigenvalue weighted by Gasteiger charge is -2.35. The van der Waals surface area contributed by atoms with E-state index in [2.05, 4.69) is 15.9 Å². The van der Waals surface area contributed by atoms with Crippen LogP contribution in [0.5, 0.6) is 5.75 Å². The van der Waals surface area contributed by atoms with Gasteiger partial charge in [0, 0.05) is 5.54 Å². The van der Waals surface area contributed by atoms with E-state index in [1.165, 1.54) is 6.42 Å². The third-order valence-electron chi connectivity index (χ3n) is 3.81. The minimum absolute atomic E-state index is 0.276. The van der Waals surface area contributed by atoms with Gasteiger partial charge >= 0.3 is 0 Å². The Labute approximate surface area is 116 Å². The summed E-state index contributed by atoms with van der Waals surface area (Å²) in [7, 11) is 1.57. The largest absolute Gasteiger partial charge is 0.496 e. The molecule has 1 aliphatic carbocycles. The van der Waals surface area contributed by atoms with Crippen LogP contribution in [0.4, 0.5) is 4.39 Å². The fourth-order valence-electron chi connectivity index (χ4n) is 2.88. The molecule has 0 amide bonds. The van der Waals surface area contributed by atoms with Gasteiger partial charge in [0.15, 0.2) is 0 Å². The first-order chi connectivity index (χ1) is 8.49. The zero-order valence-electron chi connectivity index (χ0n) is 10.9. The van der Waals surface area contributed by atoms with Crippen molar-refractivity contribution < 1.29 is 9.13 Å². The molecule has 0 spiro atoms. The lowest BCUT2D eigenvalue weighted by molar-refractivity contribution is 0.278. The molecule has 2 nitrogen and oxygen atoms in total. The topological polar surface area (TPSA) is 35.2 Å².